The summed E-state index contributed by atoms with van der Waals surface area (Å²) in [4.78, 5) is 28.3. The molecule has 262 valence electrons. The molecule has 0 atom stereocenters. The van der Waals surface area contributed by atoms with Crippen LogP contribution in [0.2, 0.25) is 25.7 Å². The predicted molar refractivity (Wildman–Crippen MR) is 196 cm³/mol. The number of carbonyl (C=O) groups excluding carboxylic acids is 1. The summed E-state index contributed by atoms with van der Waals surface area (Å²) in [6, 6.07) is 18.6. The van der Waals surface area contributed by atoms with Gasteiger partial charge in [-0.2, -0.15) is 0 Å². The number of pyridine rings is 1. The van der Waals surface area contributed by atoms with E-state index in [4.69, 9.17) is 14.2 Å². The highest BCUT2D eigenvalue weighted by molar-refractivity contribution is 6.76. The van der Waals surface area contributed by atoms with Gasteiger partial charge < -0.3 is 23.7 Å². The molecule has 0 saturated carbocycles. The second-order valence-electron chi connectivity index (χ2n) is 15.1. The molecule has 4 heterocycles. The lowest BCUT2D eigenvalue weighted by Crippen LogP contribution is -2.39. The van der Waals surface area contributed by atoms with E-state index >= 15 is 4.39 Å². The molecular weight excluding hydrogens is 650 g/mol. The van der Waals surface area contributed by atoms with Crippen molar-refractivity contribution in [3.8, 4) is 22.8 Å². The Balaban J connectivity index is 1.33. The standard InChI is InChI=1S/C39H46FN5O4Si/c1-39(2,3)49-38(46)44-17-15-28-21-33(40)34(22-30(28)23-44)48-37-35-32(24-45(36(35)42-25-43-37)26-47-18-19-50(4,5)6)29-14-16-41-31(20-29)13-12-27-10-8-7-9-11-27/h7-11,14,16,20-22,24-25H,12-13,15,17-19,23,26H2,1-6H3. The second kappa shape index (κ2) is 14.7. The number of fused-ring (bicyclic) bond motifs is 2. The molecule has 0 spiro atoms. The Labute approximate surface area is 294 Å². The molecule has 2 aromatic carbocycles. The predicted octanol–water partition coefficient (Wildman–Crippen LogP) is 8.82. The number of ether oxygens (including phenoxy) is 3. The molecule has 0 fully saturated rings. The second-order valence-corrected chi connectivity index (χ2v) is 20.7. The summed E-state index contributed by atoms with van der Waals surface area (Å²) in [5.41, 5.74) is 5.60. The third kappa shape index (κ3) is 8.75. The van der Waals surface area contributed by atoms with Gasteiger partial charge in [0.05, 0.1) is 5.39 Å². The lowest BCUT2D eigenvalue weighted by molar-refractivity contribution is 0.0223. The van der Waals surface area contributed by atoms with Crippen molar-refractivity contribution in [2.75, 3.05) is 13.2 Å². The van der Waals surface area contributed by atoms with E-state index in [2.05, 4.69) is 52.8 Å². The van der Waals surface area contributed by atoms with Gasteiger partial charge in [0.15, 0.2) is 11.6 Å². The van der Waals surface area contributed by atoms with Crippen molar-refractivity contribution in [2.45, 2.75) is 84.6 Å². The Morgan fingerprint density at radius 1 is 0.980 bits per heavy atom. The molecule has 0 unspecified atom stereocenters. The Kier molecular flexibility index (Phi) is 10.4. The molecule has 0 radical (unpaired) electrons. The van der Waals surface area contributed by atoms with Crippen LogP contribution >= 0.6 is 0 Å². The van der Waals surface area contributed by atoms with Crippen LogP contribution in [0.3, 0.4) is 0 Å². The van der Waals surface area contributed by atoms with Crippen molar-refractivity contribution < 1.29 is 23.4 Å². The average Bonchev–Trinajstić information content (AvgIpc) is 3.45. The third-order valence-corrected chi connectivity index (χ3v) is 10.3. The number of hydrogen-bond donors (Lipinski definition) is 0. The van der Waals surface area contributed by atoms with E-state index < -0.39 is 25.6 Å². The lowest BCUT2D eigenvalue weighted by Gasteiger charge is -2.31. The van der Waals surface area contributed by atoms with Crippen LogP contribution in [0.5, 0.6) is 11.6 Å². The maximum absolute atomic E-state index is 15.6. The molecule has 0 N–H and O–H groups in total. The third-order valence-electron chi connectivity index (χ3n) is 8.61. The number of amides is 1. The maximum atomic E-state index is 15.6. The summed E-state index contributed by atoms with van der Waals surface area (Å²) >= 11 is 0. The molecule has 6 rings (SSSR count). The van der Waals surface area contributed by atoms with E-state index in [0.717, 1.165) is 46.8 Å². The van der Waals surface area contributed by atoms with Gasteiger partial charge in [0.1, 0.15) is 24.3 Å². The highest BCUT2D eigenvalue weighted by Gasteiger charge is 2.28. The quantitative estimate of drug-likeness (QED) is 0.101. The van der Waals surface area contributed by atoms with Crippen molar-refractivity contribution in [1.29, 1.82) is 0 Å². The minimum absolute atomic E-state index is 0.0261. The fourth-order valence-corrected chi connectivity index (χ4v) is 6.71. The van der Waals surface area contributed by atoms with E-state index in [9.17, 15) is 4.79 Å². The molecule has 0 saturated heterocycles. The Hall–Kier alpha value is -4.61. The van der Waals surface area contributed by atoms with E-state index in [1.165, 1.54) is 18.0 Å². The summed E-state index contributed by atoms with van der Waals surface area (Å²) < 4.78 is 35.7. The van der Waals surface area contributed by atoms with Crippen LogP contribution in [0.25, 0.3) is 22.2 Å². The first kappa shape index (κ1) is 35.2. The molecule has 50 heavy (non-hydrogen) atoms. The summed E-state index contributed by atoms with van der Waals surface area (Å²) in [5, 5.41) is 0.647. The van der Waals surface area contributed by atoms with Crippen molar-refractivity contribution in [2.24, 2.45) is 0 Å². The number of aromatic nitrogens is 4. The summed E-state index contributed by atoms with van der Waals surface area (Å²) in [5.74, 6) is -0.241. The molecule has 1 amide bonds. The molecule has 0 bridgehead atoms. The minimum Gasteiger partial charge on any atom is -0.444 e. The fraction of sp³-hybridized carbons (Fsp3) is 0.385. The zero-order chi connectivity index (χ0) is 35.5. The number of nitrogens with zero attached hydrogens (tertiary/aromatic N) is 5. The van der Waals surface area contributed by atoms with Crippen LogP contribution in [0.4, 0.5) is 9.18 Å². The zero-order valence-electron chi connectivity index (χ0n) is 29.8. The van der Waals surface area contributed by atoms with Crippen LogP contribution in [-0.4, -0.2) is 57.3 Å². The fourth-order valence-electron chi connectivity index (χ4n) is 5.95. The number of aryl methyl sites for hydroxylation is 2. The van der Waals surface area contributed by atoms with Gasteiger partial charge in [-0.15, -0.1) is 0 Å². The summed E-state index contributed by atoms with van der Waals surface area (Å²) in [7, 11) is -1.28. The van der Waals surface area contributed by atoms with Crippen LogP contribution in [-0.2, 0) is 42.0 Å². The molecule has 1 aliphatic rings. The van der Waals surface area contributed by atoms with Crippen molar-refractivity contribution in [3.05, 3.63) is 102 Å². The monoisotopic (exact) mass is 695 g/mol. The van der Waals surface area contributed by atoms with Gasteiger partial charge in [-0.3, -0.25) is 4.98 Å². The number of carbonyl (C=O) groups is 1. The van der Waals surface area contributed by atoms with E-state index in [-0.39, 0.29) is 11.6 Å². The van der Waals surface area contributed by atoms with Crippen molar-refractivity contribution in [3.63, 3.8) is 0 Å². The molecular formula is C39H46FN5O4Si. The Bertz CT molecular complexity index is 1970. The van der Waals surface area contributed by atoms with Gasteiger partial charge in [-0.05, 0) is 92.6 Å². The minimum atomic E-state index is -1.28. The van der Waals surface area contributed by atoms with Crippen LogP contribution in [0.1, 0.15) is 43.2 Å². The van der Waals surface area contributed by atoms with Gasteiger partial charge in [-0.1, -0.05) is 50.0 Å². The van der Waals surface area contributed by atoms with Gasteiger partial charge in [0.25, 0.3) is 0 Å². The van der Waals surface area contributed by atoms with E-state index in [1.807, 2.05) is 62.0 Å². The SMILES string of the molecule is CC(C)(C)OC(=O)N1CCc2cc(F)c(Oc3ncnc4c3c(-c3ccnc(CCc5ccccc5)c3)cn4COCC[Si](C)(C)C)cc2C1. The highest BCUT2D eigenvalue weighted by atomic mass is 28.3. The van der Waals surface area contributed by atoms with Crippen molar-refractivity contribution in [1.82, 2.24) is 24.4 Å². The molecule has 0 aliphatic carbocycles. The molecule has 5 aromatic rings. The summed E-state index contributed by atoms with van der Waals surface area (Å²) in [6.07, 6.45) is 7.00. The molecule has 1 aliphatic heterocycles. The number of hydrogen-bond acceptors (Lipinski definition) is 7. The molecule has 11 heteroatoms. The van der Waals surface area contributed by atoms with Crippen LogP contribution in [0.15, 0.2) is 73.3 Å². The lowest BCUT2D eigenvalue weighted by atomic mass is 9.99. The van der Waals surface area contributed by atoms with Gasteiger partial charge in [0.2, 0.25) is 5.88 Å². The number of rotatable bonds is 11. The van der Waals surface area contributed by atoms with Crippen molar-refractivity contribution >= 4 is 25.2 Å². The number of halogens is 1. The van der Waals surface area contributed by atoms with Gasteiger partial charge in [0, 0.05) is 51.4 Å². The van der Waals surface area contributed by atoms with Crippen LogP contribution in [0, 0.1) is 5.82 Å². The first-order valence-electron chi connectivity index (χ1n) is 17.2. The average molecular weight is 696 g/mol. The maximum Gasteiger partial charge on any atom is 0.410 e. The number of benzene rings is 2. The Morgan fingerprint density at radius 3 is 2.54 bits per heavy atom. The smallest absolute Gasteiger partial charge is 0.410 e. The highest BCUT2D eigenvalue weighted by Crippen LogP contribution is 2.38. The first-order valence-corrected chi connectivity index (χ1v) is 20.9. The van der Waals surface area contributed by atoms with Crippen LogP contribution < -0.4 is 4.74 Å². The molecule has 9 nitrogen and oxygen atoms in total. The largest absolute Gasteiger partial charge is 0.444 e. The van der Waals surface area contributed by atoms with Gasteiger partial charge in [-0.25, -0.2) is 19.2 Å². The summed E-state index contributed by atoms with van der Waals surface area (Å²) in [6.45, 7) is 14.2. The van der Waals surface area contributed by atoms with E-state index in [0.29, 0.717) is 43.9 Å². The zero-order valence-corrected chi connectivity index (χ0v) is 30.8. The van der Waals surface area contributed by atoms with E-state index in [1.54, 1.807) is 11.0 Å². The van der Waals surface area contributed by atoms with Gasteiger partial charge >= 0.3 is 6.09 Å². The topological polar surface area (TPSA) is 91.6 Å². The molecule has 3 aromatic heterocycles. The first-order chi connectivity index (χ1) is 23.8. The Morgan fingerprint density at radius 2 is 1.78 bits per heavy atom. The normalized spacial score (nSPS) is 13.4.